The highest BCUT2D eigenvalue weighted by Crippen LogP contribution is 2.15. The van der Waals surface area contributed by atoms with Crippen molar-refractivity contribution in [2.45, 2.75) is 26.7 Å². The molecule has 0 aliphatic rings. The highest BCUT2D eigenvalue weighted by Gasteiger charge is 2.09. The lowest BCUT2D eigenvalue weighted by molar-refractivity contribution is 0.752. The van der Waals surface area contributed by atoms with E-state index in [0.29, 0.717) is 11.9 Å². The second kappa shape index (κ2) is 4.50. The Bertz CT molecular complexity index is 516. The van der Waals surface area contributed by atoms with Crippen molar-refractivity contribution in [3.8, 4) is 5.82 Å². The maximum Gasteiger partial charge on any atom is 0.239 e. The van der Waals surface area contributed by atoms with Gasteiger partial charge < -0.3 is 0 Å². The maximum atomic E-state index is 5.30. The minimum absolute atomic E-state index is 0.382. The number of aryl methyl sites for hydroxylation is 1. The molecule has 0 amide bonds. The predicted octanol–water partition coefficient (Wildman–Crippen LogP) is 1.38. The van der Waals surface area contributed by atoms with E-state index in [1.54, 1.807) is 10.9 Å². The molecule has 0 bridgehead atoms. The molecule has 0 atom stereocenters. The number of hydrogen-bond donors (Lipinski definition) is 2. The average molecular weight is 232 g/mol. The summed E-state index contributed by atoms with van der Waals surface area (Å²) in [6, 6.07) is 1.99. The summed E-state index contributed by atoms with van der Waals surface area (Å²) in [4.78, 5) is 8.32. The van der Waals surface area contributed by atoms with Crippen molar-refractivity contribution in [1.29, 1.82) is 0 Å². The van der Waals surface area contributed by atoms with Crippen LogP contribution < -0.4 is 11.3 Å². The molecule has 0 unspecified atom stereocenters. The monoisotopic (exact) mass is 232 g/mol. The topological polar surface area (TPSA) is 81.6 Å². The molecule has 0 fully saturated rings. The van der Waals surface area contributed by atoms with E-state index >= 15 is 0 Å². The Balaban J connectivity index is 2.44. The third kappa shape index (κ3) is 2.26. The van der Waals surface area contributed by atoms with E-state index in [2.05, 4.69) is 34.3 Å². The Labute approximate surface area is 99.9 Å². The number of anilines is 1. The Morgan fingerprint density at radius 2 is 2.18 bits per heavy atom. The van der Waals surface area contributed by atoms with E-state index in [4.69, 9.17) is 5.84 Å². The van der Waals surface area contributed by atoms with Crippen LogP contribution in [0.2, 0.25) is 0 Å². The van der Waals surface area contributed by atoms with Crippen molar-refractivity contribution in [3.05, 3.63) is 29.7 Å². The molecule has 6 nitrogen and oxygen atoms in total. The first kappa shape index (κ1) is 11.5. The molecule has 0 saturated carbocycles. The number of rotatable bonds is 3. The van der Waals surface area contributed by atoms with Crippen LogP contribution in [0, 0.1) is 6.92 Å². The number of nitrogen functional groups attached to an aromatic ring is 1. The molecule has 6 heteroatoms. The smallest absolute Gasteiger partial charge is 0.239 e. The Morgan fingerprint density at radius 3 is 2.76 bits per heavy atom. The first-order chi connectivity index (χ1) is 8.11. The molecule has 17 heavy (non-hydrogen) atoms. The molecule has 0 spiro atoms. The van der Waals surface area contributed by atoms with Crippen LogP contribution in [0.3, 0.4) is 0 Å². The van der Waals surface area contributed by atoms with Gasteiger partial charge in [0.25, 0.3) is 0 Å². The van der Waals surface area contributed by atoms with Gasteiger partial charge in [0.15, 0.2) is 5.82 Å². The lowest BCUT2D eigenvalue weighted by Gasteiger charge is -2.06. The van der Waals surface area contributed by atoms with Crippen LogP contribution in [-0.4, -0.2) is 19.7 Å². The molecule has 0 aliphatic heterocycles. The summed E-state index contributed by atoms with van der Waals surface area (Å²) in [7, 11) is 0. The van der Waals surface area contributed by atoms with Crippen molar-refractivity contribution in [2.75, 3.05) is 5.43 Å². The molecule has 3 N–H and O–H groups in total. The van der Waals surface area contributed by atoms with Gasteiger partial charge in [-0.25, -0.2) is 15.5 Å². The number of hydrogen-bond acceptors (Lipinski definition) is 5. The second-order valence-electron chi connectivity index (χ2n) is 4.18. The highest BCUT2D eigenvalue weighted by molar-refractivity contribution is 5.36. The van der Waals surface area contributed by atoms with E-state index in [0.717, 1.165) is 17.1 Å². The molecule has 0 radical (unpaired) electrons. The van der Waals surface area contributed by atoms with Gasteiger partial charge in [-0.1, -0.05) is 13.8 Å². The van der Waals surface area contributed by atoms with E-state index in [9.17, 15) is 0 Å². The molecule has 2 aromatic rings. The normalized spacial score (nSPS) is 10.9. The summed E-state index contributed by atoms with van der Waals surface area (Å²) in [5.74, 6) is 6.81. The Hall–Kier alpha value is -1.95. The van der Waals surface area contributed by atoms with Crippen LogP contribution in [0.1, 0.15) is 31.0 Å². The molecule has 0 aromatic carbocycles. The van der Waals surface area contributed by atoms with Crippen molar-refractivity contribution in [2.24, 2.45) is 5.84 Å². The molecule has 2 rings (SSSR count). The van der Waals surface area contributed by atoms with Gasteiger partial charge in [0.05, 0.1) is 5.69 Å². The predicted molar refractivity (Wildman–Crippen MR) is 65.8 cm³/mol. The molecule has 90 valence electrons. The molecule has 0 aliphatic carbocycles. The van der Waals surface area contributed by atoms with E-state index < -0.39 is 0 Å². The van der Waals surface area contributed by atoms with Crippen LogP contribution in [0.15, 0.2) is 18.5 Å². The number of nitrogens with zero attached hydrogens (tertiary/aromatic N) is 4. The average Bonchev–Trinajstić information content (AvgIpc) is 2.79. The molecular formula is C11H16N6. The Morgan fingerprint density at radius 1 is 1.41 bits per heavy atom. The fourth-order valence-electron chi connectivity index (χ4n) is 1.50. The third-order valence-corrected chi connectivity index (χ3v) is 2.49. The molecule has 0 saturated heterocycles. The quantitative estimate of drug-likeness (QED) is 0.617. The van der Waals surface area contributed by atoms with E-state index in [-0.39, 0.29) is 0 Å². The van der Waals surface area contributed by atoms with Crippen molar-refractivity contribution >= 4 is 5.95 Å². The second-order valence-corrected chi connectivity index (χ2v) is 4.18. The molecule has 2 aromatic heterocycles. The van der Waals surface area contributed by atoms with Gasteiger partial charge in [-0.2, -0.15) is 10.1 Å². The summed E-state index contributed by atoms with van der Waals surface area (Å²) in [6.07, 6.45) is 3.61. The zero-order valence-corrected chi connectivity index (χ0v) is 10.2. The number of hydrazine groups is 1. The maximum absolute atomic E-state index is 5.30. The largest absolute Gasteiger partial charge is 0.292 e. The summed E-state index contributed by atoms with van der Waals surface area (Å²) < 4.78 is 1.74. The van der Waals surface area contributed by atoms with Crippen molar-refractivity contribution < 1.29 is 0 Å². The van der Waals surface area contributed by atoms with Crippen LogP contribution in [0.5, 0.6) is 0 Å². The van der Waals surface area contributed by atoms with Gasteiger partial charge in [-0.15, -0.1) is 0 Å². The van der Waals surface area contributed by atoms with Crippen molar-refractivity contribution in [3.63, 3.8) is 0 Å². The van der Waals surface area contributed by atoms with Gasteiger partial charge in [0.1, 0.15) is 0 Å². The van der Waals surface area contributed by atoms with Crippen LogP contribution in [0.4, 0.5) is 5.95 Å². The summed E-state index contributed by atoms with van der Waals surface area (Å²) in [5, 5.41) is 4.47. The van der Waals surface area contributed by atoms with Gasteiger partial charge in [0, 0.05) is 18.0 Å². The fourth-order valence-corrected chi connectivity index (χ4v) is 1.50. The number of nitrogens with two attached hydrogens (primary N) is 1. The zero-order valence-electron chi connectivity index (χ0n) is 10.2. The lowest BCUT2D eigenvalue weighted by Crippen LogP contribution is -2.13. The summed E-state index contributed by atoms with van der Waals surface area (Å²) in [5.41, 5.74) is 4.41. The Kier molecular flexibility index (Phi) is 3.06. The summed E-state index contributed by atoms with van der Waals surface area (Å²) in [6.45, 7) is 6.14. The van der Waals surface area contributed by atoms with Crippen LogP contribution in [-0.2, 0) is 0 Å². The standard InChI is InChI=1S/C11H16N6/c1-7(2)9-4-5-17(16-9)10-8(3)6-13-11(14-10)15-12/h4-7H,12H2,1-3H3,(H,13,14,15). The molecular weight excluding hydrogens is 216 g/mol. The SMILES string of the molecule is Cc1cnc(NN)nc1-n1ccc(C(C)C)n1. The van der Waals surface area contributed by atoms with Gasteiger partial charge in [-0.3, -0.25) is 5.43 Å². The number of nitrogens with one attached hydrogen (secondary N) is 1. The van der Waals surface area contributed by atoms with Crippen molar-refractivity contribution in [1.82, 2.24) is 19.7 Å². The van der Waals surface area contributed by atoms with Gasteiger partial charge in [-0.05, 0) is 18.9 Å². The molecule has 2 heterocycles. The lowest BCUT2D eigenvalue weighted by atomic mass is 10.1. The van der Waals surface area contributed by atoms with Gasteiger partial charge >= 0.3 is 0 Å². The minimum Gasteiger partial charge on any atom is -0.292 e. The van der Waals surface area contributed by atoms with Gasteiger partial charge in [0.2, 0.25) is 5.95 Å². The highest BCUT2D eigenvalue weighted by atomic mass is 15.4. The first-order valence-corrected chi connectivity index (χ1v) is 5.48. The van der Waals surface area contributed by atoms with E-state index in [1.165, 1.54) is 0 Å². The fraction of sp³-hybridized carbons (Fsp3) is 0.364. The summed E-state index contributed by atoms with van der Waals surface area (Å²) >= 11 is 0. The number of aromatic nitrogens is 4. The zero-order chi connectivity index (χ0) is 12.4. The first-order valence-electron chi connectivity index (χ1n) is 5.48. The minimum atomic E-state index is 0.382. The van der Waals surface area contributed by atoms with Crippen LogP contribution >= 0.6 is 0 Å². The van der Waals surface area contributed by atoms with Crippen LogP contribution in [0.25, 0.3) is 5.82 Å². The third-order valence-electron chi connectivity index (χ3n) is 2.49. The van der Waals surface area contributed by atoms with E-state index in [1.807, 2.05) is 19.2 Å².